The van der Waals surface area contributed by atoms with E-state index in [1.807, 2.05) is 43.3 Å². The Hall–Kier alpha value is -3.91. The van der Waals surface area contributed by atoms with Crippen molar-refractivity contribution in [2.75, 3.05) is 0 Å². The molecule has 34 heavy (non-hydrogen) atoms. The first-order valence-corrected chi connectivity index (χ1v) is 11.1. The molecular weight excluding hydrogens is 414 g/mol. The van der Waals surface area contributed by atoms with E-state index in [-0.39, 0.29) is 16.7 Å². The van der Waals surface area contributed by atoms with Crippen LogP contribution >= 0.6 is 0 Å². The normalized spacial score (nSPS) is 16.7. The van der Waals surface area contributed by atoms with Gasteiger partial charge in [-0.05, 0) is 72.6 Å². The Morgan fingerprint density at radius 1 is 0.794 bits per heavy atom. The fraction of sp³-hybridized carbons (Fsp3) is 0.156. The Bertz CT molecular complexity index is 2050. The highest BCUT2D eigenvalue weighted by atomic mass is 16.3. The Balaban J connectivity index is 1.73. The van der Waals surface area contributed by atoms with Crippen molar-refractivity contribution in [3.05, 3.63) is 101 Å². The molecule has 0 aliphatic carbocycles. The number of furan rings is 1. The highest BCUT2D eigenvalue weighted by Crippen LogP contribution is 2.41. The van der Waals surface area contributed by atoms with Crippen LogP contribution < -0.4 is 4.57 Å². The first kappa shape index (κ1) is 13.1. The first-order valence-electron chi connectivity index (χ1n) is 15.6. The van der Waals surface area contributed by atoms with Crippen LogP contribution in [0.3, 0.4) is 0 Å². The summed E-state index contributed by atoms with van der Waals surface area (Å²) in [5.74, 6) is 0. The summed E-state index contributed by atoms with van der Waals surface area (Å²) in [6, 6.07) is 21.2. The molecule has 0 aliphatic rings. The van der Waals surface area contributed by atoms with Gasteiger partial charge < -0.3 is 4.42 Å². The number of pyridine rings is 1. The quantitative estimate of drug-likeness (QED) is 0.243. The molecular formula is C32H28NO+. The van der Waals surface area contributed by atoms with Gasteiger partial charge in [0.05, 0.1) is 5.56 Å². The number of fused-ring (bicyclic) bond motifs is 4. The van der Waals surface area contributed by atoms with Gasteiger partial charge in [0.25, 0.3) is 0 Å². The number of nitrogens with zero attached hydrogens (tertiary/aromatic N) is 1. The van der Waals surface area contributed by atoms with Gasteiger partial charge in [-0.25, -0.2) is 4.57 Å². The van der Waals surface area contributed by atoms with Crippen molar-refractivity contribution in [2.45, 2.75) is 27.5 Å². The van der Waals surface area contributed by atoms with Gasteiger partial charge in [-0.2, -0.15) is 0 Å². The maximum absolute atomic E-state index is 8.35. The van der Waals surface area contributed by atoms with Gasteiger partial charge >= 0.3 is 0 Å². The molecule has 0 aliphatic heterocycles. The number of aryl methyl sites for hydroxylation is 5. The number of hydrogen-bond donors (Lipinski definition) is 0. The summed E-state index contributed by atoms with van der Waals surface area (Å²) in [6.45, 7) is -5.31. The summed E-state index contributed by atoms with van der Waals surface area (Å²) in [4.78, 5) is 0. The minimum Gasteiger partial charge on any atom is -0.455 e. The van der Waals surface area contributed by atoms with Crippen molar-refractivity contribution >= 4 is 32.7 Å². The largest absolute Gasteiger partial charge is 0.455 e. The molecule has 6 rings (SSSR count). The average molecular weight is 452 g/mol. The van der Waals surface area contributed by atoms with Crippen LogP contribution in [0.1, 0.15) is 34.6 Å². The molecule has 0 bridgehead atoms. The number of hydrogen-bond acceptors (Lipinski definition) is 1. The molecule has 0 fully saturated rings. The summed E-state index contributed by atoms with van der Waals surface area (Å²) in [5, 5.41) is 2.38. The highest BCUT2D eigenvalue weighted by Gasteiger charge is 2.24. The fourth-order valence-electron chi connectivity index (χ4n) is 4.90. The van der Waals surface area contributed by atoms with Gasteiger partial charge in [0.15, 0.2) is 6.20 Å². The van der Waals surface area contributed by atoms with E-state index in [0.29, 0.717) is 49.7 Å². The van der Waals surface area contributed by atoms with E-state index in [4.69, 9.17) is 16.8 Å². The van der Waals surface area contributed by atoms with Crippen LogP contribution in [0.2, 0.25) is 0 Å². The second-order valence-corrected chi connectivity index (χ2v) is 8.80. The molecule has 0 spiro atoms. The standard InChI is InChI=1S/C32H28NO/c1-19-11-12-24-16-29-27(15-25(24)13-19)30-20(2)14-21(3)31(32(30)34-29)28-17-26(22(4)18-33(28)5)23-9-7-6-8-10-23/h6-18H,1-5H3/q+1/i1D3,2D3,4D3. The van der Waals surface area contributed by atoms with Crippen molar-refractivity contribution in [1.29, 1.82) is 0 Å². The molecule has 2 heterocycles. The summed E-state index contributed by atoms with van der Waals surface area (Å²) < 4.78 is 81.4. The van der Waals surface area contributed by atoms with E-state index in [1.54, 1.807) is 54.2 Å². The van der Waals surface area contributed by atoms with Crippen molar-refractivity contribution in [2.24, 2.45) is 7.05 Å². The number of benzene rings is 4. The molecule has 0 saturated heterocycles. The Morgan fingerprint density at radius 2 is 1.65 bits per heavy atom. The van der Waals surface area contributed by atoms with Crippen LogP contribution in [0.25, 0.3) is 55.1 Å². The van der Waals surface area contributed by atoms with Crippen LogP contribution in [0, 0.1) is 27.5 Å². The smallest absolute Gasteiger partial charge is 0.216 e. The molecule has 166 valence electrons. The van der Waals surface area contributed by atoms with Gasteiger partial charge in [0, 0.05) is 34.7 Å². The molecule has 2 heteroatoms. The Labute approximate surface area is 212 Å². The Kier molecular flexibility index (Phi) is 2.91. The molecule has 0 unspecified atom stereocenters. The van der Waals surface area contributed by atoms with Gasteiger partial charge in [-0.15, -0.1) is 0 Å². The lowest BCUT2D eigenvalue weighted by molar-refractivity contribution is -0.660. The summed E-state index contributed by atoms with van der Waals surface area (Å²) in [5.41, 5.74) is 4.57. The molecule has 4 aromatic carbocycles. The van der Waals surface area contributed by atoms with Crippen molar-refractivity contribution < 1.29 is 21.3 Å². The van der Waals surface area contributed by atoms with E-state index in [0.717, 1.165) is 10.9 Å². The van der Waals surface area contributed by atoms with Crippen molar-refractivity contribution in [3.63, 3.8) is 0 Å². The van der Waals surface area contributed by atoms with Gasteiger partial charge in [0.1, 0.15) is 18.2 Å². The lowest BCUT2D eigenvalue weighted by Crippen LogP contribution is -2.31. The monoisotopic (exact) mass is 451 g/mol. The third kappa shape index (κ3) is 3.13. The van der Waals surface area contributed by atoms with Crippen LogP contribution in [-0.2, 0) is 7.05 Å². The molecule has 6 aromatic rings. The topological polar surface area (TPSA) is 17.0 Å². The second kappa shape index (κ2) is 7.56. The van der Waals surface area contributed by atoms with Gasteiger partial charge in [-0.3, -0.25) is 0 Å². The lowest BCUT2D eigenvalue weighted by atomic mass is 9.94. The van der Waals surface area contributed by atoms with Crippen LogP contribution in [-0.4, -0.2) is 0 Å². The minimum atomic E-state index is -2.46. The number of aromatic nitrogens is 1. The molecule has 0 atom stereocenters. The maximum atomic E-state index is 8.35. The SMILES string of the molecule is [2H]C([2H])([2H])c1ccc2cc3oc4c(-c5cc(-c6ccccc6)c(C([2H])([2H])[2H])c[n+]5C)c(C)cc(C([2H])([2H])[2H])c4c3cc2c1. The van der Waals surface area contributed by atoms with Gasteiger partial charge in [0.2, 0.25) is 5.69 Å². The zero-order valence-electron chi connectivity index (χ0n) is 27.9. The molecule has 0 saturated carbocycles. The lowest BCUT2D eigenvalue weighted by Gasteiger charge is -2.11. The molecule has 2 aromatic heterocycles. The van der Waals surface area contributed by atoms with Crippen LogP contribution in [0.15, 0.2) is 83.4 Å². The summed E-state index contributed by atoms with van der Waals surface area (Å²) in [7, 11) is 1.76. The molecule has 0 radical (unpaired) electrons. The molecule has 0 amide bonds. The van der Waals surface area contributed by atoms with E-state index >= 15 is 0 Å². The number of rotatable bonds is 2. The minimum absolute atomic E-state index is 0.124. The zero-order chi connectivity index (χ0) is 31.1. The van der Waals surface area contributed by atoms with E-state index < -0.39 is 20.6 Å². The third-order valence-electron chi connectivity index (χ3n) is 6.51. The van der Waals surface area contributed by atoms with E-state index in [2.05, 4.69) is 0 Å². The van der Waals surface area contributed by atoms with Crippen LogP contribution in [0.5, 0.6) is 0 Å². The highest BCUT2D eigenvalue weighted by molar-refractivity contribution is 6.14. The van der Waals surface area contributed by atoms with Crippen LogP contribution in [0.4, 0.5) is 0 Å². The second-order valence-electron chi connectivity index (χ2n) is 8.80. The predicted octanol–water partition coefficient (Wildman–Crippen LogP) is 8.13. The average Bonchev–Trinajstić information content (AvgIpc) is 3.27. The summed E-state index contributed by atoms with van der Waals surface area (Å²) in [6.07, 6.45) is 1.60. The maximum Gasteiger partial charge on any atom is 0.216 e. The Morgan fingerprint density at radius 3 is 2.44 bits per heavy atom. The van der Waals surface area contributed by atoms with Gasteiger partial charge in [-0.1, -0.05) is 60.2 Å². The van der Waals surface area contributed by atoms with Crippen molar-refractivity contribution in [1.82, 2.24) is 0 Å². The molecule has 0 N–H and O–H groups in total. The van der Waals surface area contributed by atoms with E-state index in [1.165, 1.54) is 0 Å². The first-order chi connectivity index (χ1) is 20.0. The predicted molar refractivity (Wildman–Crippen MR) is 142 cm³/mol. The zero-order valence-corrected chi connectivity index (χ0v) is 18.9. The molecule has 2 nitrogen and oxygen atoms in total. The van der Waals surface area contributed by atoms with Crippen molar-refractivity contribution in [3.8, 4) is 22.4 Å². The summed E-state index contributed by atoms with van der Waals surface area (Å²) >= 11 is 0. The fourth-order valence-corrected chi connectivity index (χ4v) is 4.90. The van der Waals surface area contributed by atoms with E-state index in [9.17, 15) is 0 Å². The third-order valence-corrected chi connectivity index (χ3v) is 6.51.